The fourth-order valence-electron chi connectivity index (χ4n) is 11.4. The molecule has 538 valence electrons. The van der Waals surface area contributed by atoms with E-state index in [1.165, 1.54) is 41.5 Å². The largest absolute Gasteiger partial charge is 0.504 e. The van der Waals surface area contributed by atoms with Gasteiger partial charge in [0.2, 0.25) is 41.4 Å². The average Bonchev–Trinajstić information content (AvgIpc) is 1.08. The summed E-state index contributed by atoms with van der Waals surface area (Å²) in [6.07, 6.45) is 2.01. The summed E-state index contributed by atoms with van der Waals surface area (Å²) < 4.78 is 47.4. The quantitative estimate of drug-likeness (QED) is 0.0131. The highest BCUT2D eigenvalue weighted by Crippen LogP contribution is 2.59. The number of hydrogen-bond acceptors (Lipinski definition) is 14. The first kappa shape index (κ1) is 78.9. The van der Waals surface area contributed by atoms with Crippen molar-refractivity contribution in [3.05, 3.63) is 170 Å². The zero-order chi connectivity index (χ0) is 72.9. The van der Waals surface area contributed by atoms with Crippen LogP contribution in [-0.2, 0) is 69.6 Å². The first-order valence-corrected chi connectivity index (χ1v) is 36.4. The summed E-state index contributed by atoms with van der Waals surface area (Å²) in [4.78, 5) is 137. The van der Waals surface area contributed by atoms with E-state index in [1.807, 2.05) is 58.9 Å². The minimum absolute atomic E-state index is 0.0373. The maximum Gasteiger partial charge on any atom is 0.399 e. The molecule has 5 aromatic carbocycles. The fraction of sp³-hybridized carbons (Fsp3) is 0.431. The van der Waals surface area contributed by atoms with Gasteiger partial charge in [-0.3, -0.25) is 42.9 Å². The molecule has 0 aliphatic carbocycles. The SMILES string of the molecule is COc1cc(CC(=O)N[C@@H](Cc2ccccc2)C(=O)N[C@@H](Cc2ccc(C(F)(F)P(=O)(O)O)cc2)C(=O)N[C@@H](CCCCNC(=O)c2ccc(C)c(Br)c2)C(=O)NCCCCCCCC(=O)N[C@@H](C(=O)N2C[C@@H](O)C[C@@H]2C(=O)NCc2ccc(-c3scnc3C)cc2)C(C)(C)C)ccc1O. The molecule has 0 saturated carbocycles. The normalized spacial score (nSPS) is 15.1. The molecular formula is C72H89BrF2N9O14PS. The summed E-state index contributed by atoms with van der Waals surface area (Å²) in [6, 6.07) is 23.6. The molecule has 0 spiro atoms. The van der Waals surface area contributed by atoms with Gasteiger partial charge in [-0.1, -0.05) is 147 Å². The Morgan fingerprint density at radius 3 is 1.95 bits per heavy atom. The molecule has 23 nitrogen and oxygen atoms in total. The van der Waals surface area contributed by atoms with Gasteiger partial charge in [0.25, 0.3) is 5.91 Å². The zero-order valence-corrected chi connectivity index (χ0v) is 60.1. The Labute approximate surface area is 593 Å². The van der Waals surface area contributed by atoms with E-state index in [0.717, 1.165) is 56.0 Å². The van der Waals surface area contributed by atoms with Gasteiger partial charge in [-0.2, -0.15) is 8.78 Å². The third-order valence-electron chi connectivity index (χ3n) is 17.1. The third kappa shape index (κ3) is 23.0. The number of halogens is 3. The van der Waals surface area contributed by atoms with Crippen molar-refractivity contribution >= 4 is 82.1 Å². The van der Waals surface area contributed by atoms with Crippen molar-refractivity contribution in [3.63, 3.8) is 0 Å². The van der Waals surface area contributed by atoms with Crippen molar-refractivity contribution in [1.82, 2.24) is 47.1 Å². The van der Waals surface area contributed by atoms with E-state index in [1.54, 1.807) is 54.0 Å². The van der Waals surface area contributed by atoms with Crippen molar-refractivity contribution in [2.75, 3.05) is 26.7 Å². The number of ether oxygens (including phenoxy) is 1. The van der Waals surface area contributed by atoms with Crippen LogP contribution < -0.4 is 42.0 Å². The molecule has 0 unspecified atom stereocenters. The summed E-state index contributed by atoms with van der Waals surface area (Å²) in [7, 11) is -4.62. The van der Waals surface area contributed by atoms with Crippen LogP contribution in [-0.4, -0.2) is 140 Å². The number of nitrogens with zero attached hydrogens (tertiary/aromatic N) is 2. The number of phenols is 1. The molecule has 2 heterocycles. The average molecular weight is 1490 g/mol. The summed E-state index contributed by atoms with van der Waals surface area (Å²) in [6.45, 7) is 9.74. The number of hydrogen-bond donors (Lipinski definition) is 11. The number of carbonyl (C=O) groups excluding carboxylic acids is 8. The van der Waals surface area contributed by atoms with E-state index < -0.39 is 102 Å². The van der Waals surface area contributed by atoms with Gasteiger partial charge in [0, 0.05) is 67.5 Å². The van der Waals surface area contributed by atoms with Gasteiger partial charge in [-0.25, -0.2) is 4.98 Å². The number of aromatic hydroxyl groups is 1. The van der Waals surface area contributed by atoms with Gasteiger partial charge < -0.3 is 66.9 Å². The number of likely N-dealkylation sites (tertiary alicyclic amines) is 1. The Kier molecular flexibility index (Phi) is 29.0. The molecule has 11 N–H and O–H groups in total. The molecule has 100 heavy (non-hydrogen) atoms. The first-order valence-electron chi connectivity index (χ1n) is 33.1. The number of amides is 8. The number of aryl methyl sites for hydroxylation is 2. The summed E-state index contributed by atoms with van der Waals surface area (Å²) in [5, 5.41) is 40.7. The molecule has 1 saturated heterocycles. The number of aliphatic hydroxyl groups excluding tert-OH is 1. The lowest BCUT2D eigenvalue weighted by Gasteiger charge is -2.35. The fourth-order valence-corrected chi connectivity index (χ4v) is 13.1. The number of alkyl halides is 2. The van der Waals surface area contributed by atoms with Crippen molar-refractivity contribution in [3.8, 4) is 21.9 Å². The number of benzene rings is 5. The van der Waals surface area contributed by atoms with Crippen LogP contribution in [0, 0.1) is 19.3 Å². The number of β-amino-alcohol motifs (C(OH)–C–C–N with tert-alkyl or cyclic N) is 1. The summed E-state index contributed by atoms with van der Waals surface area (Å²) in [5.41, 5.74) is 0.803. The molecule has 8 amide bonds. The molecule has 1 aliphatic heterocycles. The highest BCUT2D eigenvalue weighted by molar-refractivity contribution is 9.10. The van der Waals surface area contributed by atoms with Crippen LogP contribution in [0.15, 0.2) is 125 Å². The van der Waals surface area contributed by atoms with E-state index in [-0.39, 0.29) is 87.2 Å². The number of nitrogens with one attached hydrogen (secondary N) is 7. The number of aromatic nitrogens is 1. The molecule has 1 aliphatic rings. The Balaban J connectivity index is 0.978. The monoisotopic (exact) mass is 1480 g/mol. The number of methoxy groups -OCH3 is 1. The zero-order valence-electron chi connectivity index (χ0n) is 56.8. The van der Waals surface area contributed by atoms with Gasteiger partial charge in [0.1, 0.15) is 30.2 Å². The summed E-state index contributed by atoms with van der Waals surface area (Å²) in [5.74, 6) is -4.59. The van der Waals surface area contributed by atoms with Crippen LogP contribution in [0.5, 0.6) is 11.5 Å². The number of unbranched alkanes of at least 4 members (excludes halogenated alkanes) is 5. The van der Waals surface area contributed by atoms with E-state index in [9.17, 15) is 71.7 Å². The highest BCUT2D eigenvalue weighted by atomic mass is 79.9. The van der Waals surface area contributed by atoms with E-state index in [0.29, 0.717) is 61.6 Å². The number of thiazole rings is 1. The van der Waals surface area contributed by atoms with Gasteiger partial charge in [0.15, 0.2) is 11.5 Å². The van der Waals surface area contributed by atoms with Crippen LogP contribution in [0.2, 0.25) is 0 Å². The molecule has 6 atom stereocenters. The number of rotatable bonds is 35. The van der Waals surface area contributed by atoms with Crippen LogP contribution >= 0.6 is 34.9 Å². The first-order chi connectivity index (χ1) is 47.4. The third-order valence-corrected chi connectivity index (χ3v) is 20.0. The van der Waals surface area contributed by atoms with Gasteiger partial charge in [-0.05, 0) is 109 Å². The van der Waals surface area contributed by atoms with Crippen LogP contribution in [0.1, 0.15) is 134 Å². The van der Waals surface area contributed by atoms with Gasteiger partial charge >= 0.3 is 13.3 Å². The lowest BCUT2D eigenvalue weighted by Crippen LogP contribution is -2.57. The van der Waals surface area contributed by atoms with Crippen molar-refractivity contribution in [2.24, 2.45) is 5.41 Å². The van der Waals surface area contributed by atoms with Crippen molar-refractivity contribution in [2.45, 2.75) is 167 Å². The molecule has 0 bridgehead atoms. The van der Waals surface area contributed by atoms with E-state index in [2.05, 4.69) is 58.1 Å². The smallest absolute Gasteiger partial charge is 0.399 e. The number of carbonyl (C=O) groups is 8. The molecule has 1 aromatic heterocycles. The topological polar surface area (TPSA) is 344 Å². The van der Waals surface area contributed by atoms with E-state index in [4.69, 9.17) is 4.74 Å². The Bertz CT molecular complexity index is 3860. The lowest BCUT2D eigenvalue weighted by molar-refractivity contribution is -0.144. The molecule has 7 rings (SSSR count). The minimum atomic E-state index is -5.97. The molecule has 1 fully saturated rings. The second kappa shape index (κ2) is 36.8. The predicted molar refractivity (Wildman–Crippen MR) is 378 cm³/mol. The van der Waals surface area contributed by atoms with Crippen LogP contribution in [0.3, 0.4) is 0 Å². The Hall–Kier alpha value is -8.46. The second-order valence-corrected chi connectivity index (χ2v) is 29.4. The van der Waals surface area contributed by atoms with Gasteiger partial charge in [-0.15, -0.1) is 11.3 Å². The van der Waals surface area contributed by atoms with Crippen LogP contribution in [0.25, 0.3) is 10.4 Å². The van der Waals surface area contributed by atoms with Crippen molar-refractivity contribution in [1.29, 1.82) is 0 Å². The van der Waals surface area contributed by atoms with Gasteiger partial charge in [0.05, 0.1) is 35.7 Å². The van der Waals surface area contributed by atoms with Crippen molar-refractivity contribution < 1.29 is 76.4 Å². The Morgan fingerprint density at radius 1 is 0.700 bits per heavy atom. The molecular weight excluding hydrogens is 1400 g/mol. The molecule has 6 aromatic rings. The number of aliphatic hydroxyl groups is 1. The summed E-state index contributed by atoms with van der Waals surface area (Å²) >= 11 is 4.99. The number of phenolic OH excluding ortho intramolecular Hbond substituents is 1. The maximum atomic E-state index is 14.8. The Morgan fingerprint density at radius 2 is 1.31 bits per heavy atom. The van der Waals surface area contributed by atoms with E-state index >= 15 is 0 Å². The lowest BCUT2D eigenvalue weighted by atomic mass is 9.85. The maximum absolute atomic E-state index is 14.8. The predicted octanol–water partition coefficient (Wildman–Crippen LogP) is 8.48. The highest BCUT2D eigenvalue weighted by Gasteiger charge is 2.50. The minimum Gasteiger partial charge on any atom is -0.504 e. The molecule has 0 radical (unpaired) electrons. The standard InChI is InChI=1S/C72H89BrF2N9O14PS/c1-44-21-27-51(39-54(44)73)65(89)76-34-16-14-19-55(66(90)77-33-15-9-7-8-13-20-61(87)83-64(71(3,4)5)70(94)84-42-53(85)40-58(84)69(93)78-41-48-22-28-50(29-23-48)63-45(2)79-43-100-63)81-68(92)57(36-47-24-30-52(31-25-47)72(74,75)99(95,96)97)82-67(91)56(35-46-17-11-10-12-18-46)80-62(88)38-49-26-32-59(86)60(37-49)98-6/h10-12,17-18,21-32,37,39,43,53,55-58,64,85-86H,7-9,13-16,19-20,33-36,38,40-42H2,1-6H3,(H,76,89)(H,77,90)(H,78,93)(H,80,88)(H,81,92)(H,82,91)(H,83,87)(H2,95,96,97)/t53-,55-,56-,57-,58+,64-/m0/s1. The van der Waals surface area contributed by atoms with Crippen LogP contribution in [0.4, 0.5) is 8.78 Å². The molecule has 28 heteroatoms. The second-order valence-electron chi connectivity index (χ2n) is 26.1.